The smallest absolute Gasteiger partial charge is 0.306 e. The van der Waals surface area contributed by atoms with Crippen LogP contribution in [0, 0.1) is 11.8 Å². The largest absolute Gasteiger partial charge is 0.481 e. The second-order valence-corrected chi connectivity index (χ2v) is 5.87. The number of likely N-dealkylation sites (N-methyl/N-ethyl adjacent to an activating group) is 1. The second kappa shape index (κ2) is 5.90. The first kappa shape index (κ1) is 14.3. The van der Waals surface area contributed by atoms with Crippen LogP contribution in [0.5, 0.6) is 0 Å². The lowest BCUT2D eigenvalue weighted by atomic mass is 10.0. The Balaban J connectivity index is 1.92. The predicted molar refractivity (Wildman–Crippen MR) is 71.8 cm³/mol. The van der Waals surface area contributed by atoms with Crippen molar-refractivity contribution in [2.75, 3.05) is 26.7 Å². The summed E-state index contributed by atoms with van der Waals surface area (Å²) < 4.78 is 0. The van der Waals surface area contributed by atoms with Gasteiger partial charge in [-0.2, -0.15) is 0 Å². The van der Waals surface area contributed by atoms with E-state index in [1.807, 2.05) is 4.90 Å². The number of hydrogen-bond acceptors (Lipinski definition) is 3. The van der Waals surface area contributed by atoms with Crippen LogP contribution in [0.4, 0.5) is 0 Å². The maximum Gasteiger partial charge on any atom is 0.306 e. The molecule has 2 fully saturated rings. The summed E-state index contributed by atoms with van der Waals surface area (Å²) in [4.78, 5) is 27.7. The Hall–Kier alpha value is -1.10. The second-order valence-electron chi connectivity index (χ2n) is 5.87. The van der Waals surface area contributed by atoms with Gasteiger partial charge >= 0.3 is 5.97 Å². The van der Waals surface area contributed by atoms with Crippen LogP contribution in [0.15, 0.2) is 0 Å². The zero-order valence-corrected chi connectivity index (χ0v) is 11.8. The number of amides is 1. The van der Waals surface area contributed by atoms with Crippen molar-refractivity contribution >= 4 is 11.9 Å². The number of carboxylic acids is 1. The molecule has 3 atom stereocenters. The van der Waals surface area contributed by atoms with Crippen LogP contribution < -0.4 is 0 Å². The monoisotopic (exact) mass is 268 g/mol. The van der Waals surface area contributed by atoms with Gasteiger partial charge in [0.15, 0.2) is 0 Å². The van der Waals surface area contributed by atoms with E-state index in [0.717, 1.165) is 32.5 Å². The molecule has 1 aliphatic heterocycles. The molecule has 108 valence electrons. The molecule has 1 saturated carbocycles. The lowest BCUT2D eigenvalue weighted by molar-refractivity contribution is -0.142. The van der Waals surface area contributed by atoms with Crippen molar-refractivity contribution in [3.63, 3.8) is 0 Å². The standard InChI is InChI=1S/C14H24N2O3/c1-3-12-9-16(7-6-15(12)2)13(17)10-4-5-11(8-10)14(18)19/h10-12H,3-9H2,1-2H3,(H,18,19)/t10-,11+,12?/m1/s1. The van der Waals surface area contributed by atoms with Gasteiger partial charge in [-0.15, -0.1) is 0 Å². The highest BCUT2D eigenvalue weighted by atomic mass is 16.4. The van der Waals surface area contributed by atoms with Gasteiger partial charge in [-0.3, -0.25) is 14.5 Å². The highest BCUT2D eigenvalue weighted by Crippen LogP contribution is 2.32. The van der Waals surface area contributed by atoms with Crippen molar-refractivity contribution in [1.29, 1.82) is 0 Å². The fraction of sp³-hybridized carbons (Fsp3) is 0.857. The zero-order chi connectivity index (χ0) is 14.0. The van der Waals surface area contributed by atoms with E-state index >= 15 is 0 Å². The quantitative estimate of drug-likeness (QED) is 0.831. The number of rotatable bonds is 3. The Morgan fingerprint density at radius 1 is 1.21 bits per heavy atom. The van der Waals surface area contributed by atoms with Gasteiger partial charge in [0.25, 0.3) is 0 Å². The molecule has 0 spiro atoms. The van der Waals surface area contributed by atoms with Crippen LogP contribution in [0.2, 0.25) is 0 Å². The molecule has 0 aromatic rings. The molecule has 1 saturated heterocycles. The maximum absolute atomic E-state index is 12.5. The van der Waals surface area contributed by atoms with Crippen molar-refractivity contribution in [3.8, 4) is 0 Å². The van der Waals surface area contributed by atoms with Crippen molar-refractivity contribution in [2.24, 2.45) is 11.8 Å². The summed E-state index contributed by atoms with van der Waals surface area (Å²) in [6, 6.07) is 0.439. The summed E-state index contributed by atoms with van der Waals surface area (Å²) in [7, 11) is 2.10. The molecule has 1 unspecified atom stereocenters. The van der Waals surface area contributed by atoms with E-state index < -0.39 is 5.97 Å². The first-order valence-electron chi connectivity index (χ1n) is 7.24. The number of nitrogens with zero attached hydrogens (tertiary/aromatic N) is 2. The number of carboxylic acid groups (broad SMARTS) is 1. The third-order valence-corrected chi connectivity index (χ3v) is 4.69. The number of hydrogen-bond donors (Lipinski definition) is 1. The highest BCUT2D eigenvalue weighted by Gasteiger charge is 2.37. The topological polar surface area (TPSA) is 60.9 Å². The van der Waals surface area contributed by atoms with Crippen LogP contribution in [0.3, 0.4) is 0 Å². The Kier molecular flexibility index (Phi) is 4.45. The van der Waals surface area contributed by atoms with E-state index in [0.29, 0.717) is 18.9 Å². The number of aliphatic carboxylic acids is 1. The van der Waals surface area contributed by atoms with E-state index in [2.05, 4.69) is 18.9 Å². The average molecular weight is 268 g/mol. The molecule has 2 rings (SSSR count). The molecule has 0 bridgehead atoms. The van der Waals surface area contributed by atoms with Crippen LogP contribution in [0.25, 0.3) is 0 Å². The highest BCUT2D eigenvalue weighted by molar-refractivity contribution is 5.81. The van der Waals surface area contributed by atoms with E-state index in [4.69, 9.17) is 5.11 Å². The van der Waals surface area contributed by atoms with Crippen LogP contribution in [0.1, 0.15) is 32.6 Å². The number of carbonyl (C=O) groups is 2. The summed E-state index contributed by atoms with van der Waals surface area (Å²) in [6.45, 7) is 4.63. The normalized spacial score (nSPS) is 32.5. The van der Waals surface area contributed by atoms with Crippen molar-refractivity contribution in [3.05, 3.63) is 0 Å². The Morgan fingerprint density at radius 3 is 2.47 bits per heavy atom. The summed E-state index contributed by atoms with van der Waals surface area (Å²) >= 11 is 0. The Morgan fingerprint density at radius 2 is 1.89 bits per heavy atom. The molecular weight excluding hydrogens is 244 g/mol. The summed E-state index contributed by atoms with van der Waals surface area (Å²) in [6.07, 6.45) is 2.95. The van der Waals surface area contributed by atoms with E-state index in [-0.39, 0.29) is 17.7 Å². The lowest BCUT2D eigenvalue weighted by Gasteiger charge is -2.40. The molecule has 0 radical (unpaired) electrons. The lowest BCUT2D eigenvalue weighted by Crippen LogP contribution is -2.54. The molecule has 2 aliphatic rings. The molecule has 1 amide bonds. The molecule has 0 aromatic heterocycles. The molecule has 1 heterocycles. The summed E-state index contributed by atoms with van der Waals surface area (Å²) in [5, 5.41) is 9.01. The van der Waals surface area contributed by atoms with Gasteiger partial charge in [0, 0.05) is 31.6 Å². The molecule has 19 heavy (non-hydrogen) atoms. The van der Waals surface area contributed by atoms with E-state index in [9.17, 15) is 9.59 Å². The van der Waals surface area contributed by atoms with Gasteiger partial charge in [0.05, 0.1) is 5.92 Å². The fourth-order valence-electron chi connectivity index (χ4n) is 3.28. The molecular formula is C14H24N2O3. The van der Waals surface area contributed by atoms with Gasteiger partial charge in [-0.25, -0.2) is 0 Å². The summed E-state index contributed by atoms with van der Waals surface area (Å²) in [5.74, 6) is -0.958. The van der Waals surface area contributed by atoms with Gasteiger partial charge in [0.2, 0.25) is 5.91 Å². The molecule has 5 heteroatoms. The summed E-state index contributed by atoms with van der Waals surface area (Å²) in [5.41, 5.74) is 0. The first-order valence-corrected chi connectivity index (χ1v) is 7.24. The van der Waals surface area contributed by atoms with Gasteiger partial charge in [-0.05, 0) is 32.7 Å². The maximum atomic E-state index is 12.5. The van der Waals surface area contributed by atoms with Gasteiger partial charge < -0.3 is 10.0 Å². The molecule has 5 nitrogen and oxygen atoms in total. The van der Waals surface area contributed by atoms with Crippen molar-refractivity contribution < 1.29 is 14.7 Å². The molecule has 0 aromatic carbocycles. The van der Waals surface area contributed by atoms with Gasteiger partial charge in [0.1, 0.15) is 0 Å². The third kappa shape index (κ3) is 3.08. The van der Waals surface area contributed by atoms with Crippen molar-refractivity contribution in [1.82, 2.24) is 9.80 Å². The average Bonchev–Trinajstić information content (AvgIpc) is 2.88. The third-order valence-electron chi connectivity index (χ3n) is 4.69. The Bertz CT molecular complexity index is 359. The van der Waals surface area contributed by atoms with E-state index in [1.54, 1.807) is 0 Å². The van der Waals surface area contributed by atoms with E-state index in [1.165, 1.54) is 0 Å². The van der Waals surface area contributed by atoms with Crippen LogP contribution in [-0.2, 0) is 9.59 Å². The minimum absolute atomic E-state index is 0.0676. The SMILES string of the molecule is CCC1CN(C(=O)[C@@H]2CC[C@H](C(=O)O)C2)CCN1C. The Labute approximate surface area is 114 Å². The zero-order valence-electron chi connectivity index (χ0n) is 11.8. The van der Waals surface area contributed by atoms with Gasteiger partial charge in [-0.1, -0.05) is 6.92 Å². The number of piperazine rings is 1. The molecule has 1 N–H and O–H groups in total. The fourth-order valence-corrected chi connectivity index (χ4v) is 3.28. The number of carbonyl (C=O) groups excluding carboxylic acids is 1. The van der Waals surface area contributed by atoms with Crippen LogP contribution >= 0.6 is 0 Å². The first-order chi connectivity index (χ1) is 9.02. The van der Waals surface area contributed by atoms with Crippen molar-refractivity contribution in [2.45, 2.75) is 38.6 Å². The minimum atomic E-state index is -0.750. The molecule has 1 aliphatic carbocycles. The minimum Gasteiger partial charge on any atom is -0.481 e. The predicted octanol–water partition coefficient (Wildman–Crippen LogP) is 1.04. The van der Waals surface area contributed by atoms with Crippen LogP contribution in [-0.4, -0.2) is 59.5 Å².